The average molecular weight is 396 g/mol. The van der Waals surface area contributed by atoms with Gasteiger partial charge in [0.05, 0.1) is 0 Å². The first-order valence-electron chi connectivity index (χ1n) is 8.58. The average Bonchev–Trinajstić information content (AvgIpc) is 3.12. The first-order valence-corrected chi connectivity index (χ1v) is 8.58. The lowest BCUT2D eigenvalue weighted by Gasteiger charge is -2.22. The van der Waals surface area contributed by atoms with Crippen molar-refractivity contribution < 1.29 is 32.2 Å². The molecule has 150 valence electrons. The normalized spacial score (nSPS) is 12.6. The number of carbonyl (C=O) groups is 1. The number of ether oxygens (including phenoxy) is 3. The van der Waals surface area contributed by atoms with E-state index in [-0.39, 0.29) is 18.6 Å². The molecule has 0 radical (unpaired) electrons. The Morgan fingerprint density at radius 3 is 2.71 bits per heavy atom. The Kier molecular flexibility index (Phi) is 5.81. The van der Waals surface area contributed by atoms with Gasteiger partial charge in [-0.15, -0.1) is 0 Å². The Morgan fingerprint density at radius 2 is 1.96 bits per heavy atom. The van der Waals surface area contributed by atoms with Gasteiger partial charge in [0, 0.05) is 24.8 Å². The molecule has 0 aliphatic carbocycles. The van der Waals surface area contributed by atoms with Gasteiger partial charge < -0.3 is 24.4 Å². The zero-order valence-corrected chi connectivity index (χ0v) is 15.1. The van der Waals surface area contributed by atoms with Crippen molar-refractivity contribution in [2.45, 2.75) is 19.6 Å². The number of anilines is 1. The van der Waals surface area contributed by atoms with Crippen LogP contribution in [-0.2, 0) is 6.54 Å². The Balaban J connectivity index is 1.62. The SMILES string of the molecule is CCN(Cc1ccc2c(c1)OCO2)C(=O)Nc1cccc(OCC(F)(F)F)c1. The van der Waals surface area contributed by atoms with Crippen molar-refractivity contribution in [1.29, 1.82) is 0 Å². The van der Waals surface area contributed by atoms with Crippen LogP contribution in [0, 0.1) is 0 Å². The molecule has 0 spiro atoms. The summed E-state index contributed by atoms with van der Waals surface area (Å²) in [6.07, 6.45) is -4.43. The Bertz CT molecular complexity index is 842. The smallest absolute Gasteiger partial charge is 0.422 e. The Morgan fingerprint density at radius 1 is 1.18 bits per heavy atom. The van der Waals surface area contributed by atoms with Crippen LogP contribution in [0.5, 0.6) is 17.2 Å². The highest BCUT2D eigenvalue weighted by Gasteiger charge is 2.28. The third kappa shape index (κ3) is 5.21. The fourth-order valence-corrected chi connectivity index (χ4v) is 2.62. The largest absolute Gasteiger partial charge is 0.484 e. The maximum Gasteiger partial charge on any atom is 0.422 e. The summed E-state index contributed by atoms with van der Waals surface area (Å²) in [4.78, 5) is 14.1. The summed E-state index contributed by atoms with van der Waals surface area (Å²) < 4.78 is 52.1. The van der Waals surface area contributed by atoms with Crippen LogP contribution in [0.2, 0.25) is 0 Å². The van der Waals surface area contributed by atoms with Crippen molar-refractivity contribution in [2.75, 3.05) is 25.3 Å². The van der Waals surface area contributed by atoms with Crippen LogP contribution < -0.4 is 19.5 Å². The second kappa shape index (κ2) is 8.28. The third-order valence-electron chi connectivity index (χ3n) is 3.97. The predicted octanol–water partition coefficient (Wildman–Crippen LogP) is 4.41. The maximum absolute atomic E-state index is 12.5. The summed E-state index contributed by atoms with van der Waals surface area (Å²) in [5.41, 5.74) is 1.21. The van der Waals surface area contributed by atoms with E-state index >= 15 is 0 Å². The standard InChI is InChI=1S/C19H19F3N2O4/c1-2-24(10-13-6-7-16-17(8-13)28-12-27-16)18(25)23-14-4-3-5-15(9-14)26-11-19(20,21)22/h3-9H,2,10-12H2,1H3,(H,23,25). The first-order chi connectivity index (χ1) is 13.3. The van der Waals surface area contributed by atoms with Crippen molar-refractivity contribution in [3.05, 3.63) is 48.0 Å². The second-order valence-electron chi connectivity index (χ2n) is 6.06. The molecule has 28 heavy (non-hydrogen) atoms. The number of benzene rings is 2. The molecule has 1 N–H and O–H groups in total. The fraction of sp³-hybridized carbons (Fsp3) is 0.316. The topological polar surface area (TPSA) is 60.0 Å². The second-order valence-corrected chi connectivity index (χ2v) is 6.06. The Labute approximate surface area is 159 Å². The van der Waals surface area contributed by atoms with Gasteiger partial charge in [-0.05, 0) is 36.8 Å². The fourth-order valence-electron chi connectivity index (χ4n) is 2.62. The van der Waals surface area contributed by atoms with E-state index in [4.69, 9.17) is 14.2 Å². The number of hydrogen-bond acceptors (Lipinski definition) is 4. The van der Waals surface area contributed by atoms with Crippen LogP contribution in [0.15, 0.2) is 42.5 Å². The zero-order chi connectivity index (χ0) is 20.1. The molecule has 1 heterocycles. The van der Waals surface area contributed by atoms with Gasteiger partial charge in [-0.2, -0.15) is 13.2 Å². The maximum atomic E-state index is 12.5. The van der Waals surface area contributed by atoms with Crippen LogP contribution in [0.4, 0.5) is 23.7 Å². The number of nitrogens with zero attached hydrogens (tertiary/aromatic N) is 1. The quantitative estimate of drug-likeness (QED) is 0.786. The predicted molar refractivity (Wildman–Crippen MR) is 95.7 cm³/mol. The van der Waals surface area contributed by atoms with Gasteiger partial charge in [-0.3, -0.25) is 0 Å². The highest BCUT2D eigenvalue weighted by molar-refractivity contribution is 5.89. The molecule has 2 amide bonds. The zero-order valence-electron chi connectivity index (χ0n) is 15.1. The molecule has 2 aromatic rings. The van der Waals surface area contributed by atoms with Crippen LogP contribution in [0.1, 0.15) is 12.5 Å². The molecule has 3 rings (SSSR count). The van der Waals surface area contributed by atoms with Gasteiger partial charge in [0.2, 0.25) is 6.79 Å². The lowest BCUT2D eigenvalue weighted by Crippen LogP contribution is -2.34. The molecular weight excluding hydrogens is 377 g/mol. The van der Waals surface area contributed by atoms with Crippen LogP contribution in [0.3, 0.4) is 0 Å². The number of halogens is 3. The molecule has 0 fully saturated rings. The van der Waals surface area contributed by atoms with Crippen LogP contribution in [-0.4, -0.2) is 37.1 Å². The van der Waals surface area contributed by atoms with Crippen LogP contribution in [0.25, 0.3) is 0 Å². The molecule has 2 aromatic carbocycles. The molecule has 0 aromatic heterocycles. The minimum atomic E-state index is -4.43. The van der Waals surface area contributed by atoms with Crippen molar-refractivity contribution in [2.24, 2.45) is 0 Å². The number of rotatable bonds is 6. The highest BCUT2D eigenvalue weighted by atomic mass is 19.4. The monoisotopic (exact) mass is 396 g/mol. The van der Waals surface area contributed by atoms with E-state index in [1.807, 2.05) is 19.1 Å². The molecule has 0 bridgehead atoms. The minimum absolute atomic E-state index is 0.0222. The van der Waals surface area contributed by atoms with Crippen LogP contribution >= 0.6 is 0 Å². The summed E-state index contributed by atoms with van der Waals surface area (Å²) in [6, 6.07) is 10.9. The van der Waals surface area contributed by atoms with E-state index in [0.717, 1.165) is 5.56 Å². The van der Waals surface area contributed by atoms with Gasteiger partial charge in [0.1, 0.15) is 5.75 Å². The number of alkyl halides is 3. The van der Waals surface area contributed by atoms with Gasteiger partial charge in [0.25, 0.3) is 0 Å². The molecule has 0 saturated carbocycles. The molecule has 0 atom stereocenters. The minimum Gasteiger partial charge on any atom is -0.484 e. The van der Waals surface area contributed by atoms with Gasteiger partial charge in [-0.1, -0.05) is 12.1 Å². The highest BCUT2D eigenvalue weighted by Crippen LogP contribution is 2.32. The van der Waals surface area contributed by atoms with Gasteiger partial charge in [-0.25, -0.2) is 4.79 Å². The van der Waals surface area contributed by atoms with E-state index in [1.54, 1.807) is 17.0 Å². The Hall–Kier alpha value is -3.10. The molecular formula is C19H19F3N2O4. The molecule has 0 saturated heterocycles. The van der Waals surface area contributed by atoms with E-state index in [2.05, 4.69) is 5.32 Å². The number of hydrogen-bond donors (Lipinski definition) is 1. The molecule has 0 unspecified atom stereocenters. The van der Waals surface area contributed by atoms with Crippen molar-refractivity contribution in [3.63, 3.8) is 0 Å². The van der Waals surface area contributed by atoms with E-state index in [0.29, 0.717) is 30.3 Å². The lowest BCUT2D eigenvalue weighted by atomic mass is 10.2. The number of nitrogens with one attached hydrogen (secondary N) is 1. The molecule has 9 heteroatoms. The van der Waals surface area contributed by atoms with Gasteiger partial charge >= 0.3 is 12.2 Å². The number of fused-ring (bicyclic) bond motifs is 1. The summed E-state index contributed by atoms with van der Waals surface area (Å²) in [5, 5.41) is 2.67. The summed E-state index contributed by atoms with van der Waals surface area (Å²) in [7, 11) is 0. The van der Waals surface area contributed by atoms with Crippen molar-refractivity contribution in [1.82, 2.24) is 4.90 Å². The number of carbonyl (C=O) groups excluding carboxylic acids is 1. The van der Waals surface area contributed by atoms with E-state index in [1.165, 1.54) is 18.2 Å². The molecule has 1 aliphatic heterocycles. The first kappa shape index (κ1) is 19.7. The lowest BCUT2D eigenvalue weighted by molar-refractivity contribution is -0.153. The number of amides is 2. The summed E-state index contributed by atoms with van der Waals surface area (Å²) in [6.45, 7) is 1.38. The van der Waals surface area contributed by atoms with Crippen molar-refractivity contribution >= 4 is 11.7 Å². The number of urea groups is 1. The van der Waals surface area contributed by atoms with Crippen molar-refractivity contribution in [3.8, 4) is 17.2 Å². The summed E-state index contributed by atoms with van der Waals surface area (Å²) in [5.74, 6) is 1.31. The molecule has 6 nitrogen and oxygen atoms in total. The van der Waals surface area contributed by atoms with E-state index < -0.39 is 12.8 Å². The van der Waals surface area contributed by atoms with E-state index in [9.17, 15) is 18.0 Å². The molecule has 1 aliphatic rings. The van der Waals surface area contributed by atoms with Gasteiger partial charge in [0.15, 0.2) is 18.1 Å². The summed E-state index contributed by atoms with van der Waals surface area (Å²) >= 11 is 0. The third-order valence-corrected chi connectivity index (χ3v) is 3.97.